The van der Waals surface area contributed by atoms with Crippen LogP contribution < -0.4 is 34.7 Å². The molecule has 0 saturated carbocycles. The molecule has 0 bridgehead atoms. The molecule has 0 N–H and O–H groups in total. The van der Waals surface area contributed by atoms with Gasteiger partial charge in [-0.15, -0.1) is 0 Å². The molecule has 0 aliphatic heterocycles. The number of hydrogen-bond acceptors (Lipinski definition) is 3. The van der Waals surface area contributed by atoms with Crippen molar-refractivity contribution in [2.75, 3.05) is 0 Å². The third kappa shape index (κ3) is 6.41. The van der Waals surface area contributed by atoms with Gasteiger partial charge in [-0.25, -0.2) is 0 Å². The Labute approximate surface area is 170 Å². The number of hydrogen-bond donors (Lipinski definition) is 0. The molecule has 23 heavy (non-hydrogen) atoms. The average Bonchev–Trinajstić information content (AvgIpc) is 2.45. The number of nitrogens with zero attached hydrogens (tertiary/aromatic N) is 1. The first-order valence-corrected chi connectivity index (χ1v) is 8.75. The van der Waals surface area contributed by atoms with Crippen LogP contribution >= 0.6 is 27.5 Å². The third-order valence-electron chi connectivity index (χ3n) is 2.60. The smallest absolute Gasteiger partial charge is 0.858 e. The molecule has 8 heteroatoms. The minimum absolute atomic E-state index is 0. The Kier molecular flexibility index (Phi) is 8.00. The van der Waals surface area contributed by atoms with Crippen LogP contribution in [0, 0.1) is 0 Å². The Hall–Kier alpha value is -0.630. The molecule has 0 fully saturated rings. The zero-order valence-electron chi connectivity index (χ0n) is 12.1. The SMILES string of the molecule is O=S(=O)(/C=C/c1ccccc1)/N=C(\[O-])c1ccc(Br)cc1Cl.[Na+]. The van der Waals surface area contributed by atoms with Crippen LogP contribution in [0.15, 0.2) is 62.8 Å². The van der Waals surface area contributed by atoms with Gasteiger partial charge in [-0.05, 0) is 23.8 Å². The molecular formula is C15H10BrClNNaO3S. The van der Waals surface area contributed by atoms with Crippen LogP contribution in [0.4, 0.5) is 0 Å². The molecule has 0 aliphatic rings. The van der Waals surface area contributed by atoms with Crippen molar-refractivity contribution in [2.45, 2.75) is 0 Å². The van der Waals surface area contributed by atoms with Gasteiger partial charge in [0.1, 0.15) is 0 Å². The van der Waals surface area contributed by atoms with Crippen molar-refractivity contribution in [3.05, 3.63) is 74.6 Å². The normalized spacial score (nSPS) is 12.2. The van der Waals surface area contributed by atoms with E-state index in [1.807, 2.05) is 6.07 Å². The molecule has 0 spiro atoms. The summed E-state index contributed by atoms with van der Waals surface area (Å²) in [5, 5.41) is 12.9. The van der Waals surface area contributed by atoms with Crippen LogP contribution in [0.3, 0.4) is 0 Å². The summed E-state index contributed by atoms with van der Waals surface area (Å²) in [6.07, 6.45) is 1.37. The predicted octanol–water partition coefficient (Wildman–Crippen LogP) is 0.214. The monoisotopic (exact) mass is 421 g/mol. The van der Waals surface area contributed by atoms with Crippen molar-refractivity contribution in [1.82, 2.24) is 0 Å². The molecule has 2 rings (SSSR count). The van der Waals surface area contributed by atoms with Crippen molar-refractivity contribution in [3.8, 4) is 0 Å². The molecule has 0 unspecified atom stereocenters. The van der Waals surface area contributed by atoms with Gasteiger partial charge in [0, 0.05) is 21.0 Å². The topological polar surface area (TPSA) is 69.6 Å². The van der Waals surface area contributed by atoms with Crippen molar-refractivity contribution in [2.24, 2.45) is 4.40 Å². The van der Waals surface area contributed by atoms with Gasteiger partial charge in [0.2, 0.25) is 0 Å². The summed E-state index contributed by atoms with van der Waals surface area (Å²) in [5.41, 5.74) is 0.719. The molecule has 0 amide bonds. The van der Waals surface area contributed by atoms with Crippen LogP contribution in [0.25, 0.3) is 6.08 Å². The van der Waals surface area contributed by atoms with E-state index >= 15 is 0 Å². The summed E-state index contributed by atoms with van der Waals surface area (Å²) < 4.78 is 27.6. The Balaban J connectivity index is 0.00000264. The predicted molar refractivity (Wildman–Crippen MR) is 90.1 cm³/mol. The number of benzene rings is 2. The van der Waals surface area contributed by atoms with E-state index in [-0.39, 0.29) is 40.1 Å². The fraction of sp³-hybridized carbons (Fsp3) is 0. The minimum Gasteiger partial charge on any atom is -0.858 e. The largest absolute Gasteiger partial charge is 1.00 e. The molecule has 2 aromatic carbocycles. The Bertz CT molecular complexity index is 839. The van der Waals surface area contributed by atoms with Crippen LogP contribution in [0.2, 0.25) is 5.02 Å². The fourth-order valence-corrected chi connectivity index (χ4v) is 3.06. The van der Waals surface area contributed by atoms with E-state index < -0.39 is 15.9 Å². The van der Waals surface area contributed by atoms with Crippen LogP contribution in [0.5, 0.6) is 0 Å². The van der Waals surface area contributed by atoms with E-state index in [1.54, 1.807) is 30.3 Å². The minimum atomic E-state index is -4.03. The summed E-state index contributed by atoms with van der Waals surface area (Å²) in [5.74, 6) is -0.907. The summed E-state index contributed by atoms with van der Waals surface area (Å²) >= 11 is 9.10. The summed E-state index contributed by atoms with van der Waals surface area (Å²) in [7, 11) is -4.03. The zero-order chi connectivity index (χ0) is 16.2. The van der Waals surface area contributed by atoms with Crippen molar-refractivity contribution in [3.63, 3.8) is 0 Å². The molecule has 0 aliphatic carbocycles. The van der Waals surface area contributed by atoms with Gasteiger partial charge >= 0.3 is 29.6 Å². The maximum Gasteiger partial charge on any atom is 1.00 e. The van der Waals surface area contributed by atoms with Gasteiger partial charge in [-0.2, -0.15) is 12.8 Å². The van der Waals surface area contributed by atoms with Gasteiger partial charge in [0.05, 0.1) is 5.41 Å². The van der Waals surface area contributed by atoms with E-state index in [4.69, 9.17) is 11.6 Å². The number of sulfonamides is 1. The summed E-state index contributed by atoms with van der Waals surface area (Å²) in [6, 6.07) is 13.3. The van der Waals surface area contributed by atoms with E-state index in [0.717, 1.165) is 5.41 Å². The Morgan fingerprint density at radius 1 is 1.17 bits per heavy atom. The molecule has 4 nitrogen and oxygen atoms in total. The maximum absolute atomic E-state index is 11.9. The molecule has 0 radical (unpaired) electrons. The third-order valence-corrected chi connectivity index (χ3v) is 4.31. The van der Waals surface area contributed by atoms with Gasteiger partial charge < -0.3 is 5.11 Å². The Morgan fingerprint density at radius 2 is 1.83 bits per heavy atom. The first-order chi connectivity index (χ1) is 10.4. The first kappa shape index (κ1) is 20.4. The first-order valence-electron chi connectivity index (χ1n) is 6.08. The van der Waals surface area contributed by atoms with Crippen molar-refractivity contribution in [1.29, 1.82) is 0 Å². The molecular weight excluding hydrogens is 413 g/mol. The van der Waals surface area contributed by atoms with Gasteiger partial charge in [0.15, 0.2) is 0 Å². The van der Waals surface area contributed by atoms with Crippen molar-refractivity contribution < 1.29 is 43.1 Å². The van der Waals surface area contributed by atoms with Crippen LogP contribution in [-0.2, 0) is 10.0 Å². The second kappa shape index (κ2) is 9.01. The summed E-state index contributed by atoms with van der Waals surface area (Å²) in [4.78, 5) is 0. The van der Waals surface area contributed by atoms with Crippen LogP contribution in [0.1, 0.15) is 11.1 Å². The molecule has 114 valence electrons. The standard InChI is InChI=1S/C15H11BrClNO3S.Na/c16-12-6-7-13(14(17)10-12)15(19)18-22(20,21)9-8-11-4-2-1-3-5-11;/h1-10H,(H,18,19);/q;+1/p-1/b9-8+;. The van der Waals surface area contributed by atoms with E-state index in [1.165, 1.54) is 18.2 Å². The maximum atomic E-state index is 11.9. The quantitative estimate of drug-likeness (QED) is 0.402. The molecule has 2 aromatic rings. The number of halogens is 2. The number of rotatable bonds is 4. The molecule has 0 heterocycles. The van der Waals surface area contributed by atoms with Gasteiger partial charge in [-0.3, -0.25) is 0 Å². The average molecular weight is 423 g/mol. The zero-order valence-corrected chi connectivity index (χ0v) is 17.3. The summed E-state index contributed by atoms with van der Waals surface area (Å²) in [6.45, 7) is 0. The Morgan fingerprint density at radius 3 is 2.43 bits per heavy atom. The van der Waals surface area contributed by atoms with E-state index in [9.17, 15) is 13.5 Å². The van der Waals surface area contributed by atoms with Crippen molar-refractivity contribution >= 4 is 49.5 Å². The second-order valence-electron chi connectivity index (χ2n) is 4.25. The van der Waals surface area contributed by atoms with E-state index in [0.29, 0.717) is 10.0 Å². The van der Waals surface area contributed by atoms with Crippen LogP contribution in [-0.4, -0.2) is 14.3 Å². The van der Waals surface area contributed by atoms with E-state index in [2.05, 4.69) is 20.3 Å². The molecule has 0 aromatic heterocycles. The molecule has 0 saturated heterocycles. The fourth-order valence-electron chi connectivity index (χ4n) is 1.59. The van der Waals surface area contributed by atoms with Gasteiger partial charge in [0.25, 0.3) is 10.0 Å². The van der Waals surface area contributed by atoms with Gasteiger partial charge in [-0.1, -0.05) is 63.9 Å². The molecule has 0 atom stereocenters. The second-order valence-corrected chi connectivity index (χ2v) is 7.06.